The first-order chi connectivity index (χ1) is 9.17. The van der Waals surface area contributed by atoms with Gasteiger partial charge in [-0.05, 0) is 37.1 Å². The zero-order valence-corrected chi connectivity index (χ0v) is 14.3. The number of nitrogens with one attached hydrogen (secondary N) is 1. The van der Waals surface area contributed by atoms with Crippen molar-refractivity contribution >= 4 is 0 Å². The minimum absolute atomic E-state index is 0.0646. The van der Waals surface area contributed by atoms with Crippen LogP contribution in [0.1, 0.15) is 48.0 Å². The molecule has 0 aromatic heterocycles. The predicted octanol–water partition coefficient (Wildman–Crippen LogP) is 5.00. The van der Waals surface area contributed by atoms with E-state index in [2.05, 4.69) is 53.1 Å². The normalized spacial score (nSPS) is 18.1. The zero-order valence-electron chi connectivity index (χ0n) is 14.3. The lowest BCUT2D eigenvalue weighted by molar-refractivity contribution is 0.172. The van der Waals surface area contributed by atoms with Crippen LogP contribution in [0.3, 0.4) is 0 Å². The minimum atomic E-state index is -0.329. The third-order valence-electron chi connectivity index (χ3n) is 5.03. The van der Waals surface area contributed by atoms with Crippen LogP contribution in [0.15, 0.2) is 24.8 Å². The highest BCUT2D eigenvalue weighted by atomic mass is 19.1. The molecular formula is C18H34FN. The molecule has 1 N–H and O–H groups in total. The molecule has 0 radical (unpaired) electrons. The molecule has 0 saturated heterocycles. The van der Waals surface area contributed by atoms with Gasteiger partial charge in [-0.25, -0.2) is 0 Å². The van der Waals surface area contributed by atoms with Crippen LogP contribution in [-0.4, -0.2) is 19.3 Å². The highest BCUT2D eigenvalue weighted by Gasteiger charge is 2.28. The van der Waals surface area contributed by atoms with Gasteiger partial charge in [0.1, 0.15) is 0 Å². The van der Waals surface area contributed by atoms with E-state index in [1.165, 1.54) is 0 Å². The largest absolute Gasteiger partial charge is 0.311 e. The number of hydrogen-bond donors (Lipinski definition) is 1. The fourth-order valence-electron chi connectivity index (χ4n) is 2.41. The average molecular weight is 283 g/mol. The zero-order chi connectivity index (χ0) is 15.9. The molecular weight excluding hydrogens is 249 g/mol. The van der Waals surface area contributed by atoms with Gasteiger partial charge in [0, 0.05) is 12.0 Å². The summed E-state index contributed by atoms with van der Waals surface area (Å²) >= 11 is 0. The SMILES string of the molecule is C=CC(C)C(C)C(C)(C)CCNC(C)C(=C)C(C)CF. The molecule has 0 bridgehead atoms. The molecule has 0 aliphatic rings. The summed E-state index contributed by atoms with van der Waals surface area (Å²) in [5, 5.41) is 3.47. The summed E-state index contributed by atoms with van der Waals surface area (Å²) in [6.07, 6.45) is 3.13. The lowest BCUT2D eigenvalue weighted by Gasteiger charge is -2.35. The average Bonchev–Trinajstić information content (AvgIpc) is 2.43. The van der Waals surface area contributed by atoms with Crippen LogP contribution in [0.4, 0.5) is 4.39 Å². The van der Waals surface area contributed by atoms with E-state index in [1.54, 1.807) is 0 Å². The first-order valence-electron chi connectivity index (χ1n) is 7.78. The standard InChI is InChI=1S/C18H34FN/c1-9-13(2)16(5)18(7,8)10-11-20-17(6)15(4)14(3)12-19/h9,13-14,16-17,20H,1,4,10-12H2,2-3,5-8H3. The van der Waals surface area contributed by atoms with Crippen molar-refractivity contribution in [3.05, 3.63) is 24.8 Å². The number of rotatable bonds is 10. The number of allylic oxidation sites excluding steroid dienone is 1. The fourth-order valence-corrected chi connectivity index (χ4v) is 2.41. The smallest absolute Gasteiger partial charge is 0.0957 e. The molecule has 0 amide bonds. The van der Waals surface area contributed by atoms with E-state index in [-0.39, 0.29) is 24.0 Å². The Kier molecular flexibility index (Phi) is 8.34. The molecule has 0 aromatic carbocycles. The molecule has 118 valence electrons. The van der Waals surface area contributed by atoms with E-state index in [1.807, 2.05) is 13.0 Å². The van der Waals surface area contributed by atoms with Crippen LogP contribution in [0, 0.1) is 23.2 Å². The van der Waals surface area contributed by atoms with Gasteiger partial charge < -0.3 is 5.32 Å². The van der Waals surface area contributed by atoms with Gasteiger partial charge in [-0.2, -0.15) is 0 Å². The first-order valence-corrected chi connectivity index (χ1v) is 7.78. The molecule has 2 heteroatoms. The molecule has 0 rings (SSSR count). The molecule has 0 spiro atoms. The fraction of sp³-hybridized carbons (Fsp3) is 0.778. The maximum Gasteiger partial charge on any atom is 0.0957 e. The Bertz CT molecular complexity index is 309. The molecule has 4 unspecified atom stereocenters. The maximum absolute atomic E-state index is 12.6. The van der Waals surface area contributed by atoms with Gasteiger partial charge in [-0.1, -0.05) is 52.8 Å². The van der Waals surface area contributed by atoms with Crippen molar-refractivity contribution in [1.82, 2.24) is 5.32 Å². The van der Waals surface area contributed by atoms with Crippen LogP contribution in [0.2, 0.25) is 0 Å². The molecule has 20 heavy (non-hydrogen) atoms. The molecule has 0 saturated carbocycles. The molecule has 0 aliphatic heterocycles. The third-order valence-corrected chi connectivity index (χ3v) is 5.03. The van der Waals surface area contributed by atoms with Crippen molar-refractivity contribution in [2.75, 3.05) is 13.2 Å². The van der Waals surface area contributed by atoms with E-state index in [0.29, 0.717) is 11.8 Å². The second-order valence-electron chi connectivity index (χ2n) is 6.93. The Morgan fingerprint density at radius 2 is 1.80 bits per heavy atom. The van der Waals surface area contributed by atoms with Crippen LogP contribution in [0.5, 0.6) is 0 Å². The second-order valence-corrected chi connectivity index (χ2v) is 6.93. The Labute approximate surface area is 125 Å². The minimum Gasteiger partial charge on any atom is -0.311 e. The van der Waals surface area contributed by atoms with Gasteiger partial charge in [-0.15, -0.1) is 6.58 Å². The molecule has 0 aromatic rings. The third kappa shape index (κ3) is 5.78. The summed E-state index contributed by atoms with van der Waals surface area (Å²) < 4.78 is 12.6. The van der Waals surface area contributed by atoms with Crippen molar-refractivity contribution in [1.29, 1.82) is 0 Å². The highest BCUT2D eigenvalue weighted by molar-refractivity contribution is 5.07. The Hall–Kier alpha value is -0.630. The van der Waals surface area contributed by atoms with Crippen LogP contribution >= 0.6 is 0 Å². The van der Waals surface area contributed by atoms with E-state index >= 15 is 0 Å². The highest BCUT2D eigenvalue weighted by Crippen LogP contribution is 2.35. The van der Waals surface area contributed by atoms with Gasteiger partial charge in [-0.3, -0.25) is 4.39 Å². The second kappa shape index (κ2) is 8.61. The van der Waals surface area contributed by atoms with Crippen LogP contribution in [-0.2, 0) is 0 Å². The maximum atomic E-state index is 12.6. The number of halogens is 1. The monoisotopic (exact) mass is 283 g/mol. The van der Waals surface area contributed by atoms with Gasteiger partial charge >= 0.3 is 0 Å². The Balaban J connectivity index is 4.28. The molecule has 0 fully saturated rings. The summed E-state index contributed by atoms with van der Waals surface area (Å²) in [5.41, 5.74) is 1.21. The van der Waals surface area contributed by atoms with Gasteiger partial charge in [0.25, 0.3) is 0 Å². The first kappa shape index (κ1) is 19.4. The topological polar surface area (TPSA) is 12.0 Å². The Morgan fingerprint density at radius 3 is 2.25 bits per heavy atom. The lowest BCUT2D eigenvalue weighted by atomic mass is 9.71. The summed E-state index contributed by atoms with van der Waals surface area (Å²) in [7, 11) is 0. The van der Waals surface area contributed by atoms with E-state index in [9.17, 15) is 4.39 Å². The van der Waals surface area contributed by atoms with E-state index < -0.39 is 0 Å². The van der Waals surface area contributed by atoms with Crippen LogP contribution < -0.4 is 5.32 Å². The van der Waals surface area contributed by atoms with Crippen molar-refractivity contribution < 1.29 is 4.39 Å². The number of hydrogen-bond acceptors (Lipinski definition) is 1. The summed E-state index contributed by atoms with van der Waals surface area (Å²) in [6.45, 7) is 21.6. The molecule has 0 heterocycles. The predicted molar refractivity (Wildman–Crippen MR) is 88.7 cm³/mol. The van der Waals surface area contributed by atoms with Crippen molar-refractivity contribution in [3.8, 4) is 0 Å². The van der Waals surface area contributed by atoms with Crippen molar-refractivity contribution in [2.24, 2.45) is 23.2 Å². The quantitative estimate of drug-likeness (QED) is 0.556. The molecule has 4 atom stereocenters. The number of alkyl halides is 1. The van der Waals surface area contributed by atoms with Crippen molar-refractivity contribution in [3.63, 3.8) is 0 Å². The summed E-state index contributed by atoms with van der Waals surface area (Å²) in [6, 6.07) is 0.170. The van der Waals surface area contributed by atoms with E-state index in [4.69, 9.17) is 0 Å². The molecule has 0 aliphatic carbocycles. The van der Waals surface area contributed by atoms with Gasteiger partial charge in [0.2, 0.25) is 0 Å². The molecule has 1 nitrogen and oxygen atoms in total. The van der Waals surface area contributed by atoms with Crippen molar-refractivity contribution in [2.45, 2.75) is 54.0 Å². The van der Waals surface area contributed by atoms with E-state index in [0.717, 1.165) is 18.5 Å². The van der Waals surface area contributed by atoms with Gasteiger partial charge in [0.05, 0.1) is 6.67 Å². The Morgan fingerprint density at radius 1 is 1.25 bits per heavy atom. The summed E-state index contributed by atoms with van der Waals surface area (Å²) in [5.74, 6) is 1.04. The van der Waals surface area contributed by atoms with Crippen LogP contribution in [0.25, 0.3) is 0 Å². The van der Waals surface area contributed by atoms with Gasteiger partial charge in [0.15, 0.2) is 0 Å². The lowest BCUT2D eigenvalue weighted by Crippen LogP contribution is -2.35. The summed E-state index contributed by atoms with van der Waals surface area (Å²) in [4.78, 5) is 0.